The molecule has 0 spiro atoms. The minimum Gasteiger partial charge on any atom is -0.480 e. The number of aliphatic hydroxyl groups excluding tert-OH is 1. The van der Waals surface area contributed by atoms with E-state index in [1.165, 1.54) is 16.0 Å². The molecule has 1 heterocycles. The standard InChI is InChI=1S/C16H19NO4/c18-13-8-14(16(20)21)17(9-13)15(19)7-10-4-5-11-2-1-3-12(11)6-10/h4-6,13-14,18H,1-3,7-9H2,(H,20,21)/t13-,14+/m1/s1. The highest BCUT2D eigenvalue weighted by atomic mass is 16.4. The van der Waals surface area contributed by atoms with Crippen LogP contribution in [0.3, 0.4) is 0 Å². The fourth-order valence-electron chi connectivity index (χ4n) is 3.33. The molecule has 2 aliphatic rings. The predicted molar refractivity (Wildman–Crippen MR) is 75.9 cm³/mol. The molecular formula is C16H19NO4. The molecule has 0 bridgehead atoms. The van der Waals surface area contributed by atoms with Crippen LogP contribution in [0.2, 0.25) is 0 Å². The van der Waals surface area contributed by atoms with Crippen LogP contribution in [-0.2, 0) is 28.9 Å². The number of aliphatic carboxylic acids is 1. The third-order valence-corrected chi connectivity index (χ3v) is 4.40. The Morgan fingerprint density at radius 2 is 2.00 bits per heavy atom. The Balaban J connectivity index is 1.72. The number of β-amino-alcohol motifs (C(OH)–C–C–N with tert-alkyl or cyclic N) is 1. The smallest absolute Gasteiger partial charge is 0.326 e. The molecule has 5 heteroatoms. The minimum atomic E-state index is -1.05. The monoisotopic (exact) mass is 289 g/mol. The van der Waals surface area contributed by atoms with Crippen LogP contribution in [0.4, 0.5) is 0 Å². The van der Waals surface area contributed by atoms with E-state index in [4.69, 9.17) is 5.11 Å². The lowest BCUT2D eigenvalue weighted by atomic mass is 10.0. The van der Waals surface area contributed by atoms with Gasteiger partial charge in [0.05, 0.1) is 12.5 Å². The lowest BCUT2D eigenvalue weighted by molar-refractivity contribution is -0.148. The van der Waals surface area contributed by atoms with Crippen molar-refractivity contribution < 1.29 is 19.8 Å². The molecular weight excluding hydrogens is 270 g/mol. The number of likely N-dealkylation sites (tertiary alicyclic amines) is 1. The van der Waals surface area contributed by atoms with Gasteiger partial charge in [-0.2, -0.15) is 0 Å². The number of carbonyl (C=O) groups is 2. The van der Waals surface area contributed by atoms with Gasteiger partial charge in [0.15, 0.2) is 0 Å². The average molecular weight is 289 g/mol. The molecule has 1 aliphatic heterocycles. The molecule has 1 amide bonds. The van der Waals surface area contributed by atoms with E-state index >= 15 is 0 Å². The van der Waals surface area contributed by atoms with Crippen LogP contribution >= 0.6 is 0 Å². The maximum atomic E-state index is 12.3. The van der Waals surface area contributed by atoms with Gasteiger partial charge in [-0.3, -0.25) is 4.79 Å². The lowest BCUT2D eigenvalue weighted by Gasteiger charge is -2.21. The van der Waals surface area contributed by atoms with Gasteiger partial charge in [-0.15, -0.1) is 0 Å². The van der Waals surface area contributed by atoms with Gasteiger partial charge in [0, 0.05) is 13.0 Å². The molecule has 21 heavy (non-hydrogen) atoms. The molecule has 1 saturated heterocycles. The van der Waals surface area contributed by atoms with Crippen molar-refractivity contribution in [1.82, 2.24) is 4.90 Å². The van der Waals surface area contributed by atoms with E-state index < -0.39 is 18.1 Å². The van der Waals surface area contributed by atoms with Crippen LogP contribution in [0.5, 0.6) is 0 Å². The normalized spacial score (nSPS) is 24.1. The molecule has 112 valence electrons. The zero-order chi connectivity index (χ0) is 15.0. The number of nitrogens with zero attached hydrogens (tertiary/aromatic N) is 1. The molecule has 0 radical (unpaired) electrons. The zero-order valence-electron chi connectivity index (χ0n) is 11.8. The summed E-state index contributed by atoms with van der Waals surface area (Å²) >= 11 is 0. The summed E-state index contributed by atoms with van der Waals surface area (Å²) in [4.78, 5) is 24.8. The predicted octanol–water partition coefficient (Wildman–Crippen LogP) is 0.764. The Bertz CT molecular complexity index is 584. The van der Waals surface area contributed by atoms with Crippen molar-refractivity contribution in [2.24, 2.45) is 0 Å². The van der Waals surface area contributed by atoms with Crippen LogP contribution < -0.4 is 0 Å². The fraction of sp³-hybridized carbons (Fsp3) is 0.500. The first-order valence-electron chi connectivity index (χ1n) is 7.35. The van der Waals surface area contributed by atoms with Gasteiger partial charge >= 0.3 is 5.97 Å². The maximum Gasteiger partial charge on any atom is 0.326 e. The number of hydrogen-bond donors (Lipinski definition) is 2. The SMILES string of the molecule is O=C(O)[C@@H]1C[C@@H](O)CN1C(=O)Cc1ccc2c(c1)CCC2. The number of carboxylic acid groups (broad SMARTS) is 1. The number of benzene rings is 1. The van der Waals surface area contributed by atoms with Gasteiger partial charge in [-0.1, -0.05) is 18.2 Å². The van der Waals surface area contributed by atoms with Gasteiger partial charge in [-0.05, 0) is 36.0 Å². The lowest BCUT2D eigenvalue weighted by Crippen LogP contribution is -2.41. The van der Waals surface area contributed by atoms with Gasteiger partial charge in [-0.25, -0.2) is 4.79 Å². The molecule has 2 atom stereocenters. The Hall–Kier alpha value is -1.88. The molecule has 3 rings (SSSR count). The Morgan fingerprint density at radius 3 is 2.76 bits per heavy atom. The maximum absolute atomic E-state index is 12.3. The minimum absolute atomic E-state index is 0.112. The van der Waals surface area contributed by atoms with Crippen LogP contribution in [0.25, 0.3) is 0 Å². The number of aliphatic hydroxyl groups is 1. The summed E-state index contributed by atoms with van der Waals surface area (Å²) in [5, 5.41) is 18.7. The third-order valence-electron chi connectivity index (χ3n) is 4.40. The number of fused-ring (bicyclic) bond motifs is 1. The van der Waals surface area contributed by atoms with E-state index in [0.717, 1.165) is 24.8 Å². The number of carboxylic acids is 1. The summed E-state index contributed by atoms with van der Waals surface area (Å²) in [7, 11) is 0. The van der Waals surface area contributed by atoms with E-state index in [1.807, 2.05) is 6.07 Å². The molecule has 1 aromatic rings. The molecule has 0 aromatic heterocycles. The average Bonchev–Trinajstić information content (AvgIpc) is 3.04. The second-order valence-electron chi connectivity index (χ2n) is 5.92. The summed E-state index contributed by atoms with van der Waals surface area (Å²) in [5.41, 5.74) is 3.58. The molecule has 1 aromatic carbocycles. The van der Waals surface area contributed by atoms with Crippen molar-refractivity contribution in [3.05, 3.63) is 34.9 Å². The van der Waals surface area contributed by atoms with Crippen molar-refractivity contribution in [3.8, 4) is 0 Å². The largest absolute Gasteiger partial charge is 0.480 e. The number of rotatable bonds is 3. The van der Waals surface area contributed by atoms with Crippen molar-refractivity contribution in [1.29, 1.82) is 0 Å². The highest BCUT2D eigenvalue weighted by Gasteiger charge is 2.38. The van der Waals surface area contributed by atoms with E-state index in [9.17, 15) is 14.7 Å². The van der Waals surface area contributed by atoms with Crippen LogP contribution in [0.15, 0.2) is 18.2 Å². The third kappa shape index (κ3) is 2.78. The summed E-state index contributed by atoms with van der Waals surface area (Å²) in [6, 6.07) is 5.17. The van der Waals surface area contributed by atoms with Crippen molar-refractivity contribution in [2.75, 3.05) is 6.54 Å². The Labute approximate surface area is 123 Å². The van der Waals surface area contributed by atoms with E-state index in [1.54, 1.807) is 0 Å². The second kappa shape index (κ2) is 5.48. The fourth-order valence-corrected chi connectivity index (χ4v) is 3.33. The summed E-state index contributed by atoms with van der Waals surface area (Å²) < 4.78 is 0. The molecule has 0 unspecified atom stereocenters. The number of carbonyl (C=O) groups excluding carboxylic acids is 1. The highest BCUT2D eigenvalue weighted by Crippen LogP contribution is 2.24. The molecule has 0 saturated carbocycles. The number of hydrogen-bond acceptors (Lipinski definition) is 3. The van der Waals surface area contributed by atoms with E-state index in [0.29, 0.717) is 0 Å². The quantitative estimate of drug-likeness (QED) is 0.861. The molecule has 2 N–H and O–H groups in total. The molecule has 1 fully saturated rings. The van der Waals surface area contributed by atoms with E-state index in [2.05, 4.69) is 12.1 Å². The molecule has 1 aliphatic carbocycles. The Morgan fingerprint density at radius 1 is 1.24 bits per heavy atom. The summed E-state index contributed by atoms with van der Waals surface area (Å²) in [6.45, 7) is 0.112. The molecule has 5 nitrogen and oxygen atoms in total. The van der Waals surface area contributed by atoms with Gasteiger partial charge in [0.2, 0.25) is 5.91 Å². The van der Waals surface area contributed by atoms with Crippen molar-refractivity contribution in [2.45, 2.75) is 44.2 Å². The van der Waals surface area contributed by atoms with Gasteiger partial charge < -0.3 is 15.1 Å². The van der Waals surface area contributed by atoms with Gasteiger partial charge in [0.1, 0.15) is 6.04 Å². The summed E-state index contributed by atoms with van der Waals surface area (Å²) in [6.07, 6.45) is 2.89. The van der Waals surface area contributed by atoms with Crippen LogP contribution in [0, 0.1) is 0 Å². The highest BCUT2D eigenvalue weighted by molar-refractivity contribution is 5.85. The second-order valence-corrected chi connectivity index (χ2v) is 5.92. The topological polar surface area (TPSA) is 77.8 Å². The Kier molecular flexibility index (Phi) is 3.68. The first-order valence-corrected chi connectivity index (χ1v) is 7.35. The first kappa shape index (κ1) is 14.1. The van der Waals surface area contributed by atoms with Crippen molar-refractivity contribution >= 4 is 11.9 Å². The van der Waals surface area contributed by atoms with Crippen LogP contribution in [0.1, 0.15) is 29.5 Å². The van der Waals surface area contributed by atoms with E-state index in [-0.39, 0.29) is 25.3 Å². The number of aryl methyl sites for hydroxylation is 2. The van der Waals surface area contributed by atoms with Crippen LogP contribution in [-0.4, -0.2) is 45.7 Å². The van der Waals surface area contributed by atoms with Gasteiger partial charge in [0.25, 0.3) is 0 Å². The summed E-state index contributed by atoms with van der Waals surface area (Å²) in [5.74, 6) is -1.27. The first-order chi connectivity index (χ1) is 10.0. The zero-order valence-corrected chi connectivity index (χ0v) is 11.8. The number of amides is 1. The van der Waals surface area contributed by atoms with Crippen molar-refractivity contribution in [3.63, 3.8) is 0 Å².